The van der Waals surface area contributed by atoms with Gasteiger partial charge >= 0.3 is 0 Å². The molecule has 0 bridgehead atoms. The second kappa shape index (κ2) is 7.58. The molecule has 0 aromatic heterocycles. The second-order valence-corrected chi connectivity index (χ2v) is 6.51. The van der Waals surface area contributed by atoms with Gasteiger partial charge in [-0.05, 0) is 49.3 Å². The van der Waals surface area contributed by atoms with E-state index in [1.807, 2.05) is 0 Å². The van der Waals surface area contributed by atoms with Gasteiger partial charge in [-0.15, -0.1) is 12.4 Å². The van der Waals surface area contributed by atoms with Crippen molar-refractivity contribution in [1.82, 2.24) is 5.32 Å². The van der Waals surface area contributed by atoms with Crippen molar-refractivity contribution >= 4 is 18.3 Å². The minimum absolute atomic E-state index is 0. The quantitative estimate of drug-likeness (QED) is 0.881. The molecule has 128 valence electrons. The number of hydrogen-bond acceptors (Lipinski definition) is 2. The monoisotopic (exact) mass is 344 g/mol. The van der Waals surface area contributed by atoms with Gasteiger partial charge in [-0.2, -0.15) is 0 Å². The molecule has 1 aromatic carbocycles. The number of carbonyl (C=O) groups excluding carboxylic acids is 1. The van der Waals surface area contributed by atoms with E-state index in [0.717, 1.165) is 25.3 Å². The molecule has 4 atom stereocenters. The van der Waals surface area contributed by atoms with Crippen molar-refractivity contribution in [3.8, 4) is 0 Å². The van der Waals surface area contributed by atoms with Crippen LogP contribution in [0.5, 0.6) is 0 Å². The molecule has 3 rings (SSSR count). The zero-order chi connectivity index (χ0) is 15.7. The minimum Gasteiger partial charge on any atom is -0.353 e. The molecule has 0 saturated heterocycles. The summed E-state index contributed by atoms with van der Waals surface area (Å²) in [6.07, 6.45) is 4.94. The first kappa shape index (κ1) is 18.1. The predicted molar refractivity (Wildman–Crippen MR) is 87.4 cm³/mol. The third kappa shape index (κ3) is 4.01. The average Bonchev–Trinajstić information content (AvgIpc) is 3.28. The topological polar surface area (TPSA) is 55.1 Å². The lowest BCUT2D eigenvalue weighted by molar-refractivity contribution is -0.123. The van der Waals surface area contributed by atoms with E-state index in [2.05, 4.69) is 5.32 Å². The van der Waals surface area contributed by atoms with Gasteiger partial charge < -0.3 is 11.1 Å². The van der Waals surface area contributed by atoms with Gasteiger partial charge in [0.2, 0.25) is 5.91 Å². The molecule has 0 heterocycles. The highest BCUT2D eigenvalue weighted by molar-refractivity contribution is 5.85. The largest absolute Gasteiger partial charge is 0.353 e. The molecule has 1 aromatic rings. The first-order valence-electron chi connectivity index (χ1n) is 8.05. The smallest absolute Gasteiger partial charge is 0.223 e. The van der Waals surface area contributed by atoms with Crippen molar-refractivity contribution in [1.29, 1.82) is 0 Å². The number of halogens is 3. The average molecular weight is 345 g/mol. The Morgan fingerprint density at radius 2 is 2.00 bits per heavy atom. The lowest BCUT2D eigenvalue weighted by atomic mass is 9.84. The molecule has 4 unspecified atom stereocenters. The van der Waals surface area contributed by atoms with E-state index >= 15 is 0 Å². The molecule has 0 radical (unpaired) electrons. The fourth-order valence-electron chi connectivity index (χ4n) is 3.60. The normalized spacial score (nSPS) is 29.5. The van der Waals surface area contributed by atoms with E-state index in [-0.39, 0.29) is 36.2 Å². The fourth-order valence-corrected chi connectivity index (χ4v) is 3.60. The number of amides is 1. The van der Waals surface area contributed by atoms with E-state index in [9.17, 15) is 13.6 Å². The molecule has 3 N–H and O–H groups in total. The van der Waals surface area contributed by atoms with Crippen molar-refractivity contribution in [3.63, 3.8) is 0 Å². The summed E-state index contributed by atoms with van der Waals surface area (Å²) >= 11 is 0. The Bertz CT molecular complexity index is 570. The maximum Gasteiger partial charge on any atom is 0.223 e. The van der Waals surface area contributed by atoms with Gasteiger partial charge in [0.05, 0.1) is 0 Å². The predicted octanol–water partition coefficient (Wildman–Crippen LogP) is 3.12. The van der Waals surface area contributed by atoms with Crippen molar-refractivity contribution in [2.45, 2.75) is 44.1 Å². The highest BCUT2D eigenvalue weighted by Crippen LogP contribution is 2.48. The Labute approximate surface area is 141 Å². The Kier molecular flexibility index (Phi) is 5.98. The van der Waals surface area contributed by atoms with Crippen LogP contribution in [0, 0.1) is 23.5 Å². The van der Waals surface area contributed by atoms with Crippen LogP contribution >= 0.6 is 12.4 Å². The van der Waals surface area contributed by atoms with Crippen LogP contribution < -0.4 is 11.1 Å². The summed E-state index contributed by atoms with van der Waals surface area (Å²) < 4.78 is 26.7. The van der Waals surface area contributed by atoms with E-state index in [1.54, 1.807) is 0 Å². The first-order chi connectivity index (χ1) is 10.6. The molecule has 2 aliphatic carbocycles. The van der Waals surface area contributed by atoms with Gasteiger partial charge in [0.1, 0.15) is 11.6 Å². The second-order valence-electron chi connectivity index (χ2n) is 6.51. The standard InChI is InChI=1S/C17H22F2N2O.ClH/c18-11-5-6-12(15(19)7-11)13-8-14(13)17(22)21-16-4-2-1-3-10(16)9-20;/h5-7,10,13-14,16H,1-4,8-9,20H2,(H,21,22);1H. The summed E-state index contributed by atoms with van der Waals surface area (Å²) in [7, 11) is 0. The number of carbonyl (C=O) groups is 1. The van der Waals surface area contributed by atoms with E-state index < -0.39 is 11.6 Å². The summed E-state index contributed by atoms with van der Waals surface area (Å²) in [5, 5.41) is 3.10. The highest BCUT2D eigenvalue weighted by Gasteiger charge is 2.46. The zero-order valence-electron chi connectivity index (χ0n) is 12.9. The highest BCUT2D eigenvalue weighted by atomic mass is 35.5. The van der Waals surface area contributed by atoms with Gasteiger partial charge in [-0.3, -0.25) is 4.79 Å². The number of hydrogen-bond donors (Lipinski definition) is 2. The zero-order valence-corrected chi connectivity index (χ0v) is 13.8. The summed E-state index contributed by atoms with van der Waals surface area (Å²) in [6, 6.07) is 3.72. The van der Waals surface area contributed by atoms with Crippen LogP contribution in [0.4, 0.5) is 8.78 Å². The van der Waals surface area contributed by atoms with Gasteiger partial charge in [-0.1, -0.05) is 18.9 Å². The molecule has 23 heavy (non-hydrogen) atoms. The number of nitrogens with two attached hydrogens (primary N) is 1. The number of benzene rings is 1. The number of rotatable bonds is 4. The molecule has 0 spiro atoms. The molecule has 6 heteroatoms. The lowest BCUT2D eigenvalue weighted by Gasteiger charge is -2.31. The van der Waals surface area contributed by atoms with Crippen LogP contribution in [0.1, 0.15) is 43.6 Å². The Morgan fingerprint density at radius 3 is 2.70 bits per heavy atom. The van der Waals surface area contributed by atoms with Crippen molar-refractivity contribution in [2.75, 3.05) is 6.54 Å². The van der Waals surface area contributed by atoms with E-state index in [0.29, 0.717) is 24.4 Å². The first-order valence-corrected chi connectivity index (χ1v) is 8.05. The van der Waals surface area contributed by atoms with E-state index in [4.69, 9.17) is 5.73 Å². The van der Waals surface area contributed by atoms with Gasteiger partial charge in [0.15, 0.2) is 0 Å². The van der Waals surface area contributed by atoms with Gasteiger partial charge in [0, 0.05) is 18.0 Å². The van der Waals surface area contributed by atoms with Gasteiger partial charge in [0.25, 0.3) is 0 Å². The van der Waals surface area contributed by atoms with Crippen LogP contribution in [0.3, 0.4) is 0 Å². The van der Waals surface area contributed by atoms with Crippen LogP contribution in [-0.2, 0) is 4.79 Å². The third-order valence-electron chi connectivity index (χ3n) is 5.03. The Hall–Kier alpha value is -1.20. The SMILES string of the molecule is Cl.NCC1CCCCC1NC(=O)C1CC1c1ccc(F)cc1F. The van der Waals surface area contributed by atoms with Crippen molar-refractivity contribution in [3.05, 3.63) is 35.4 Å². The Morgan fingerprint density at radius 1 is 1.26 bits per heavy atom. The summed E-state index contributed by atoms with van der Waals surface area (Å²) in [5.74, 6) is -1.13. The molecule has 2 saturated carbocycles. The molecule has 3 nitrogen and oxygen atoms in total. The van der Waals surface area contributed by atoms with E-state index in [1.165, 1.54) is 18.6 Å². The molecule has 0 aliphatic heterocycles. The Balaban J connectivity index is 0.00000192. The minimum atomic E-state index is -0.587. The summed E-state index contributed by atoms with van der Waals surface area (Å²) in [4.78, 5) is 12.3. The third-order valence-corrected chi connectivity index (χ3v) is 5.03. The van der Waals surface area contributed by atoms with Crippen LogP contribution in [-0.4, -0.2) is 18.5 Å². The molecule has 1 amide bonds. The molecular weight excluding hydrogens is 322 g/mol. The van der Waals surface area contributed by atoms with Crippen LogP contribution in [0.25, 0.3) is 0 Å². The molecule has 2 fully saturated rings. The summed E-state index contributed by atoms with van der Waals surface area (Å²) in [6.45, 7) is 0.589. The molecular formula is C17H23ClF2N2O. The van der Waals surface area contributed by atoms with Crippen LogP contribution in [0.2, 0.25) is 0 Å². The maximum absolute atomic E-state index is 13.8. The fraction of sp³-hybridized carbons (Fsp3) is 0.588. The maximum atomic E-state index is 13.8. The van der Waals surface area contributed by atoms with Gasteiger partial charge in [-0.25, -0.2) is 8.78 Å². The molecule has 2 aliphatic rings. The van der Waals surface area contributed by atoms with Crippen molar-refractivity contribution < 1.29 is 13.6 Å². The number of nitrogens with one attached hydrogen (secondary N) is 1. The van der Waals surface area contributed by atoms with Crippen LogP contribution in [0.15, 0.2) is 18.2 Å². The lowest BCUT2D eigenvalue weighted by Crippen LogP contribution is -2.45. The summed E-state index contributed by atoms with van der Waals surface area (Å²) in [5.41, 5.74) is 6.22. The van der Waals surface area contributed by atoms with Crippen molar-refractivity contribution in [2.24, 2.45) is 17.6 Å².